The molecule has 0 bridgehead atoms. The molecule has 0 aromatic heterocycles. The number of nitrogens with one attached hydrogen (secondary N) is 2. The topological polar surface area (TPSA) is 61.9 Å². The number of hydrogen-bond donors (Lipinski definition) is 3. The molecule has 1 aromatic rings. The van der Waals surface area contributed by atoms with E-state index in [2.05, 4.69) is 5.32 Å². The van der Waals surface area contributed by atoms with Gasteiger partial charge in [-0.3, -0.25) is 5.41 Å². The molecule has 0 saturated heterocycles. The van der Waals surface area contributed by atoms with Crippen LogP contribution in [0.2, 0.25) is 5.02 Å². The van der Waals surface area contributed by atoms with Crippen LogP contribution >= 0.6 is 11.6 Å². The first-order valence-corrected chi connectivity index (χ1v) is 4.54. The van der Waals surface area contributed by atoms with Crippen molar-refractivity contribution in [3.05, 3.63) is 47.1 Å². The lowest BCUT2D eigenvalue weighted by molar-refractivity contribution is 0.870. The Hall–Kier alpha value is -1.48. The summed E-state index contributed by atoms with van der Waals surface area (Å²) >= 11 is 5.74. The summed E-state index contributed by atoms with van der Waals surface area (Å²) in [5, 5.41) is 10.7. The molecule has 0 amide bonds. The van der Waals surface area contributed by atoms with Crippen molar-refractivity contribution >= 4 is 17.4 Å². The molecule has 0 heterocycles. The van der Waals surface area contributed by atoms with E-state index in [0.717, 1.165) is 10.6 Å². The molecular weight excluding hydrogens is 198 g/mol. The maximum absolute atomic E-state index is 6.94. The number of rotatable bonds is 4. The zero-order valence-electron chi connectivity index (χ0n) is 7.63. The first-order chi connectivity index (χ1) is 6.68. The standard InChI is InChI=1S/C10H12ClN3/c11-9-3-1-8(2-4-9)7-14-6-5-10(12)13/h1-6,14H,7H2,(H3,12,13)/b6-5-. The van der Waals surface area contributed by atoms with Crippen molar-refractivity contribution in [2.24, 2.45) is 5.73 Å². The Labute approximate surface area is 88.1 Å². The molecule has 3 nitrogen and oxygen atoms in total. The Morgan fingerprint density at radius 3 is 2.64 bits per heavy atom. The van der Waals surface area contributed by atoms with Crippen molar-refractivity contribution in [1.82, 2.24) is 5.32 Å². The van der Waals surface area contributed by atoms with Crippen molar-refractivity contribution < 1.29 is 0 Å². The highest BCUT2D eigenvalue weighted by molar-refractivity contribution is 6.30. The Kier molecular flexibility index (Phi) is 4.01. The molecule has 4 heteroatoms. The third kappa shape index (κ3) is 3.96. The molecule has 0 unspecified atom stereocenters. The zero-order valence-corrected chi connectivity index (χ0v) is 8.38. The molecule has 0 radical (unpaired) electrons. The first kappa shape index (κ1) is 10.6. The van der Waals surface area contributed by atoms with Gasteiger partial charge in [0.05, 0.1) is 0 Å². The minimum Gasteiger partial charge on any atom is -0.387 e. The van der Waals surface area contributed by atoms with Gasteiger partial charge in [0, 0.05) is 17.8 Å². The zero-order chi connectivity index (χ0) is 10.4. The molecule has 74 valence electrons. The lowest BCUT2D eigenvalue weighted by Gasteiger charge is -2.00. The Morgan fingerprint density at radius 2 is 2.07 bits per heavy atom. The summed E-state index contributed by atoms with van der Waals surface area (Å²) in [7, 11) is 0. The van der Waals surface area contributed by atoms with Gasteiger partial charge in [-0.2, -0.15) is 0 Å². The van der Waals surface area contributed by atoms with Gasteiger partial charge in [0.2, 0.25) is 0 Å². The molecular formula is C10H12ClN3. The van der Waals surface area contributed by atoms with E-state index < -0.39 is 0 Å². The van der Waals surface area contributed by atoms with E-state index in [0.29, 0.717) is 6.54 Å². The summed E-state index contributed by atoms with van der Waals surface area (Å²) < 4.78 is 0. The van der Waals surface area contributed by atoms with Gasteiger partial charge in [-0.05, 0) is 23.8 Å². The van der Waals surface area contributed by atoms with Crippen LogP contribution in [0.1, 0.15) is 5.56 Å². The van der Waals surface area contributed by atoms with Crippen LogP contribution in [0.3, 0.4) is 0 Å². The van der Waals surface area contributed by atoms with E-state index >= 15 is 0 Å². The Balaban J connectivity index is 2.39. The van der Waals surface area contributed by atoms with Gasteiger partial charge in [0.15, 0.2) is 0 Å². The third-order valence-corrected chi connectivity index (χ3v) is 1.85. The first-order valence-electron chi connectivity index (χ1n) is 4.17. The molecule has 0 aliphatic carbocycles. The largest absolute Gasteiger partial charge is 0.387 e. The minimum absolute atomic E-state index is 0.0357. The van der Waals surface area contributed by atoms with E-state index in [4.69, 9.17) is 22.7 Å². The van der Waals surface area contributed by atoms with Gasteiger partial charge in [-0.25, -0.2) is 0 Å². The normalized spacial score (nSPS) is 10.4. The van der Waals surface area contributed by atoms with Gasteiger partial charge in [-0.1, -0.05) is 23.7 Å². The third-order valence-electron chi connectivity index (χ3n) is 1.60. The average molecular weight is 210 g/mol. The molecule has 0 fully saturated rings. The van der Waals surface area contributed by atoms with Crippen molar-refractivity contribution in [3.63, 3.8) is 0 Å². The molecule has 0 saturated carbocycles. The molecule has 0 atom stereocenters. The Morgan fingerprint density at radius 1 is 1.43 bits per heavy atom. The van der Waals surface area contributed by atoms with E-state index in [1.54, 1.807) is 6.20 Å². The maximum Gasteiger partial charge on any atom is 0.116 e. The fourth-order valence-electron chi connectivity index (χ4n) is 0.928. The van der Waals surface area contributed by atoms with Crippen LogP contribution in [0, 0.1) is 5.41 Å². The number of amidine groups is 1. The summed E-state index contributed by atoms with van der Waals surface area (Å²) in [4.78, 5) is 0. The van der Waals surface area contributed by atoms with E-state index in [9.17, 15) is 0 Å². The van der Waals surface area contributed by atoms with Crippen LogP contribution in [0.4, 0.5) is 0 Å². The average Bonchev–Trinajstić information content (AvgIpc) is 2.15. The maximum atomic E-state index is 6.94. The summed E-state index contributed by atoms with van der Waals surface area (Å²) in [6, 6.07) is 7.56. The highest BCUT2D eigenvalue weighted by Gasteiger charge is 1.90. The second-order valence-corrected chi connectivity index (χ2v) is 3.23. The highest BCUT2D eigenvalue weighted by atomic mass is 35.5. The number of hydrogen-bond acceptors (Lipinski definition) is 2. The quantitative estimate of drug-likeness (QED) is 0.524. The van der Waals surface area contributed by atoms with Gasteiger partial charge in [-0.15, -0.1) is 0 Å². The molecule has 0 aliphatic heterocycles. The lowest BCUT2D eigenvalue weighted by atomic mass is 10.2. The molecule has 1 aromatic carbocycles. The number of benzene rings is 1. The number of nitrogens with two attached hydrogens (primary N) is 1. The van der Waals surface area contributed by atoms with Crippen molar-refractivity contribution in [1.29, 1.82) is 5.41 Å². The van der Waals surface area contributed by atoms with Crippen LogP contribution in [0.15, 0.2) is 36.5 Å². The molecule has 0 spiro atoms. The molecule has 4 N–H and O–H groups in total. The molecule has 0 aliphatic rings. The minimum atomic E-state index is 0.0357. The fraction of sp³-hybridized carbons (Fsp3) is 0.100. The van der Waals surface area contributed by atoms with E-state index in [1.165, 1.54) is 6.08 Å². The van der Waals surface area contributed by atoms with Crippen molar-refractivity contribution in [2.45, 2.75) is 6.54 Å². The van der Waals surface area contributed by atoms with Crippen molar-refractivity contribution in [3.8, 4) is 0 Å². The summed E-state index contributed by atoms with van der Waals surface area (Å²) in [5.74, 6) is 0.0357. The van der Waals surface area contributed by atoms with Crippen LogP contribution in [0.5, 0.6) is 0 Å². The SMILES string of the molecule is N=C(N)/C=C\NCc1ccc(Cl)cc1. The Bertz CT molecular complexity index is 330. The van der Waals surface area contributed by atoms with E-state index in [-0.39, 0.29) is 5.84 Å². The van der Waals surface area contributed by atoms with Crippen LogP contribution in [0.25, 0.3) is 0 Å². The smallest absolute Gasteiger partial charge is 0.116 e. The van der Waals surface area contributed by atoms with Crippen LogP contribution < -0.4 is 11.1 Å². The second kappa shape index (κ2) is 5.29. The molecule has 1 rings (SSSR count). The fourth-order valence-corrected chi connectivity index (χ4v) is 1.05. The van der Waals surface area contributed by atoms with Crippen molar-refractivity contribution in [2.75, 3.05) is 0 Å². The second-order valence-electron chi connectivity index (χ2n) is 2.80. The summed E-state index contributed by atoms with van der Waals surface area (Å²) in [5.41, 5.74) is 6.26. The monoisotopic (exact) mass is 209 g/mol. The number of halogens is 1. The summed E-state index contributed by atoms with van der Waals surface area (Å²) in [6.07, 6.45) is 3.15. The summed E-state index contributed by atoms with van der Waals surface area (Å²) in [6.45, 7) is 0.695. The van der Waals surface area contributed by atoms with Crippen LogP contribution in [-0.2, 0) is 6.54 Å². The molecule has 14 heavy (non-hydrogen) atoms. The van der Waals surface area contributed by atoms with E-state index in [1.807, 2.05) is 24.3 Å². The predicted octanol–water partition coefficient (Wildman–Crippen LogP) is 1.88. The van der Waals surface area contributed by atoms with Gasteiger partial charge in [0.1, 0.15) is 5.84 Å². The van der Waals surface area contributed by atoms with Gasteiger partial charge in [0.25, 0.3) is 0 Å². The highest BCUT2D eigenvalue weighted by Crippen LogP contribution is 2.08. The van der Waals surface area contributed by atoms with Crippen LogP contribution in [-0.4, -0.2) is 5.84 Å². The van der Waals surface area contributed by atoms with Gasteiger partial charge < -0.3 is 11.1 Å². The lowest BCUT2D eigenvalue weighted by Crippen LogP contribution is -2.09. The van der Waals surface area contributed by atoms with Gasteiger partial charge >= 0.3 is 0 Å². The predicted molar refractivity (Wildman–Crippen MR) is 59.3 cm³/mol.